The molecule has 1 atom stereocenters. The maximum atomic E-state index is 13.8. The zero-order valence-electron chi connectivity index (χ0n) is 13.6. The van der Waals surface area contributed by atoms with Crippen LogP contribution in [0.3, 0.4) is 0 Å². The Morgan fingerprint density at radius 2 is 1.13 bits per heavy atom. The summed E-state index contributed by atoms with van der Waals surface area (Å²) in [6.45, 7) is 0. The third kappa shape index (κ3) is 4.89. The topological polar surface area (TPSA) is 18.5 Å². The Kier molecular flexibility index (Phi) is 6.68. The van der Waals surface area contributed by atoms with Crippen LogP contribution in [0.2, 0.25) is 0 Å². The third-order valence-corrected chi connectivity index (χ3v) is 3.03. The van der Waals surface area contributed by atoms with Crippen LogP contribution < -0.4 is 0 Å². The molecule has 0 spiro atoms. The maximum Gasteiger partial charge on any atom is 0.471 e. The Hall–Kier alpha value is -2.26. The first kappa shape index (κ1) is 25.8. The van der Waals surface area contributed by atoms with Crippen molar-refractivity contribution in [2.45, 2.75) is 36.3 Å². The molecular formula is C14H6F14O2. The molecule has 0 saturated heterocycles. The van der Waals surface area contributed by atoms with E-state index < -0.39 is 47.9 Å². The van der Waals surface area contributed by atoms with Crippen LogP contribution in [-0.2, 0) is 9.47 Å². The van der Waals surface area contributed by atoms with Crippen molar-refractivity contribution in [2.75, 3.05) is 0 Å². The first-order valence-electron chi connectivity index (χ1n) is 6.95. The summed E-state index contributed by atoms with van der Waals surface area (Å²) in [6.07, 6.45) is -29.3. The quantitative estimate of drug-likeness (QED) is 0.329. The normalized spacial score (nSPS) is 16.9. The predicted octanol–water partition coefficient (Wildman–Crippen LogP) is 6.60. The fourth-order valence-corrected chi connectivity index (χ4v) is 1.59. The van der Waals surface area contributed by atoms with Crippen molar-refractivity contribution in [3.63, 3.8) is 0 Å². The fraction of sp³-hybridized carbons (Fsp3) is 0.429. The van der Waals surface area contributed by atoms with Gasteiger partial charge in [-0.2, -0.15) is 61.5 Å². The first-order valence-corrected chi connectivity index (χ1v) is 6.95. The van der Waals surface area contributed by atoms with Crippen LogP contribution in [0.1, 0.15) is 5.56 Å². The molecule has 0 aromatic heterocycles. The van der Waals surface area contributed by atoms with E-state index in [0.29, 0.717) is 0 Å². The molecule has 0 fully saturated rings. The van der Waals surface area contributed by atoms with Crippen LogP contribution in [0.15, 0.2) is 36.3 Å². The molecule has 1 aromatic carbocycles. The van der Waals surface area contributed by atoms with E-state index >= 15 is 0 Å². The molecule has 0 radical (unpaired) electrons. The first-order chi connectivity index (χ1) is 13.2. The van der Waals surface area contributed by atoms with Gasteiger partial charge in [-0.25, -0.2) is 0 Å². The average molecular weight is 472 g/mol. The number of halogens is 14. The van der Waals surface area contributed by atoms with E-state index in [2.05, 4.69) is 4.74 Å². The van der Waals surface area contributed by atoms with Crippen LogP contribution in [0, 0.1) is 0 Å². The van der Waals surface area contributed by atoms with Crippen molar-refractivity contribution in [1.82, 2.24) is 0 Å². The van der Waals surface area contributed by atoms with Crippen molar-refractivity contribution in [3.05, 3.63) is 41.9 Å². The fourth-order valence-electron chi connectivity index (χ4n) is 1.59. The van der Waals surface area contributed by atoms with Crippen molar-refractivity contribution >= 4 is 6.08 Å². The molecule has 0 saturated carbocycles. The van der Waals surface area contributed by atoms with E-state index in [1.807, 2.05) is 0 Å². The maximum absolute atomic E-state index is 13.8. The second-order valence-electron chi connectivity index (χ2n) is 5.26. The molecule has 0 aliphatic carbocycles. The lowest BCUT2D eigenvalue weighted by atomic mass is 10.2. The minimum absolute atomic E-state index is 0.104. The average Bonchev–Trinajstić information content (AvgIpc) is 2.52. The highest BCUT2D eigenvalue weighted by Gasteiger charge is 2.84. The van der Waals surface area contributed by atoms with Crippen LogP contribution >= 0.6 is 0 Å². The van der Waals surface area contributed by atoms with Crippen LogP contribution in [0.5, 0.6) is 0 Å². The Bertz CT molecular complexity index is 752. The summed E-state index contributed by atoms with van der Waals surface area (Å²) in [5, 5.41) is 0. The minimum atomic E-state index is -7.56. The van der Waals surface area contributed by atoms with Crippen LogP contribution in [-0.4, -0.2) is 36.3 Å². The highest BCUT2D eigenvalue weighted by Crippen LogP contribution is 2.55. The van der Waals surface area contributed by atoms with Gasteiger partial charge < -0.3 is 4.74 Å². The molecule has 16 heteroatoms. The van der Waals surface area contributed by atoms with Gasteiger partial charge in [0, 0.05) is 6.08 Å². The van der Waals surface area contributed by atoms with Crippen molar-refractivity contribution in [1.29, 1.82) is 0 Å². The van der Waals surface area contributed by atoms with Gasteiger partial charge >= 0.3 is 36.3 Å². The molecule has 0 N–H and O–H groups in total. The lowest BCUT2D eigenvalue weighted by molar-refractivity contribution is -0.531. The summed E-state index contributed by atoms with van der Waals surface area (Å²) in [4.78, 5) is 0. The summed E-state index contributed by atoms with van der Waals surface area (Å²) in [7, 11) is 0. The molecule has 0 aliphatic rings. The number of hydrogen-bond donors (Lipinski definition) is 0. The molecule has 2 nitrogen and oxygen atoms in total. The standard InChI is InChI=1S/C14H6F14O2/c15-8(6-7-4-2-1-3-5-7)29-14(27,28)10(18,12(22,23)24)30-13(25,26)9(16,17)11(19,20)21/h1-6H/b8-6-. The van der Waals surface area contributed by atoms with Crippen LogP contribution in [0.25, 0.3) is 6.08 Å². The van der Waals surface area contributed by atoms with Gasteiger partial charge in [0.1, 0.15) is 0 Å². The van der Waals surface area contributed by atoms with E-state index in [1.165, 1.54) is 6.07 Å². The zero-order chi connectivity index (χ0) is 23.8. The molecule has 1 unspecified atom stereocenters. The van der Waals surface area contributed by atoms with Gasteiger partial charge in [0.05, 0.1) is 0 Å². The Morgan fingerprint density at radius 3 is 1.53 bits per heavy atom. The third-order valence-electron chi connectivity index (χ3n) is 3.03. The monoisotopic (exact) mass is 472 g/mol. The Labute approximate surface area is 156 Å². The highest BCUT2D eigenvalue weighted by atomic mass is 19.4. The lowest BCUT2D eigenvalue weighted by Crippen LogP contribution is -2.65. The Morgan fingerprint density at radius 1 is 0.667 bits per heavy atom. The van der Waals surface area contributed by atoms with E-state index in [0.717, 1.165) is 24.3 Å². The van der Waals surface area contributed by atoms with E-state index in [4.69, 9.17) is 0 Å². The van der Waals surface area contributed by atoms with Crippen molar-refractivity contribution in [3.8, 4) is 0 Å². The minimum Gasteiger partial charge on any atom is -0.402 e. The van der Waals surface area contributed by atoms with Gasteiger partial charge in [0.15, 0.2) is 0 Å². The van der Waals surface area contributed by atoms with Gasteiger partial charge in [0.25, 0.3) is 6.01 Å². The molecular weight excluding hydrogens is 466 g/mol. The molecule has 0 bridgehead atoms. The summed E-state index contributed by atoms with van der Waals surface area (Å²) in [5.41, 5.74) is -0.392. The molecule has 1 aromatic rings. The van der Waals surface area contributed by atoms with E-state index in [1.54, 1.807) is 4.74 Å². The second-order valence-corrected chi connectivity index (χ2v) is 5.26. The molecule has 172 valence electrons. The summed E-state index contributed by atoms with van der Waals surface area (Å²) in [5.74, 6) is -14.9. The summed E-state index contributed by atoms with van der Waals surface area (Å²) < 4.78 is 184. The molecule has 30 heavy (non-hydrogen) atoms. The molecule has 0 heterocycles. The SMILES string of the molecule is F/C(=C/c1ccccc1)OC(F)(F)C(F)(OC(F)(F)C(F)(F)C(F)(F)F)C(F)(F)F. The molecule has 0 amide bonds. The number of ether oxygens (including phenoxy) is 2. The second kappa shape index (κ2) is 7.77. The van der Waals surface area contributed by atoms with E-state index in [9.17, 15) is 61.5 Å². The van der Waals surface area contributed by atoms with Gasteiger partial charge in [0.2, 0.25) is 0 Å². The predicted molar refractivity (Wildman–Crippen MR) is 68.5 cm³/mol. The van der Waals surface area contributed by atoms with Crippen LogP contribution in [0.4, 0.5) is 61.5 Å². The molecule has 0 aliphatic heterocycles. The number of hydrogen-bond acceptors (Lipinski definition) is 2. The summed E-state index contributed by atoms with van der Waals surface area (Å²) in [6, 6.07) is 2.74. The van der Waals surface area contributed by atoms with Gasteiger partial charge in [-0.3, -0.25) is 4.74 Å². The summed E-state index contributed by atoms with van der Waals surface area (Å²) >= 11 is 0. The number of rotatable bonds is 7. The molecule has 1 rings (SSSR count). The smallest absolute Gasteiger partial charge is 0.402 e. The zero-order valence-corrected chi connectivity index (χ0v) is 13.6. The van der Waals surface area contributed by atoms with E-state index in [-0.39, 0.29) is 6.08 Å². The van der Waals surface area contributed by atoms with Gasteiger partial charge in [-0.15, -0.1) is 0 Å². The number of benzene rings is 1. The Balaban J connectivity index is 3.37. The largest absolute Gasteiger partial charge is 0.471 e. The number of alkyl halides is 13. The lowest BCUT2D eigenvalue weighted by Gasteiger charge is -2.37. The van der Waals surface area contributed by atoms with Crippen molar-refractivity contribution in [2.24, 2.45) is 0 Å². The van der Waals surface area contributed by atoms with Gasteiger partial charge in [-0.1, -0.05) is 30.3 Å². The van der Waals surface area contributed by atoms with Crippen molar-refractivity contribution < 1.29 is 70.9 Å². The van der Waals surface area contributed by atoms with Gasteiger partial charge in [-0.05, 0) is 5.56 Å². The highest BCUT2D eigenvalue weighted by molar-refractivity contribution is 5.49.